The Bertz CT molecular complexity index is 310. The molecule has 0 aromatic carbocycles. The predicted octanol–water partition coefficient (Wildman–Crippen LogP) is 2.61. The van der Waals surface area contributed by atoms with Gasteiger partial charge in [-0.2, -0.15) is 0 Å². The highest BCUT2D eigenvalue weighted by atomic mass is 15.2. The Morgan fingerprint density at radius 1 is 1.19 bits per heavy atom. The first kappa shape index (κ1) is 16.6. The Balaban J connectivity index is 1.66. The van der Waals surface area contributed by atoms with Crippen molar-refractivity contribution in [3.63, 3.8) is 0 Å². The Kier molecular flexibility index (Phi) is 7.34. The fourth-order valence-corrected chi connectivity index (χ4v) is 3.56. The Morgan fingerprint density at radius 3 is 2.71 bits per heavy atom. The van der Waals surface area contributed by atoms with Gasteiger partial charge in [0.2, 0.25) is 0 Å². The number of aliphatic imine (C=N–C) groups is 1. The summed E-state index contributed by atoms with van der Waals surface area (Å²) < 4.78 is 0. The molecule has 1 saturated carbocycles. The van der Waals surface area contributed by atoms with E-state index < -0.39 is 0 Å². The summed E-state index contributed by atoms with van der Waals surface area (Å²) in [5.41, 5.74) is 0. The van der Waals surface area contributed by atoms with Gasteiger partial charge in [-0.1, -0.05) is 19.8 Å². The van der Waals surface area contributed by atoms with Crippen LogP contribution >= 0.6 is 0 Å². The molecule has 1 atom stereocenters. The van der Waals surface area contributed by atoms with E-state index >= 15 is 0 Å². The van der Waals surface area contributed by atoms with E-state index in [0.717, 1.165) is 25.0 Å². The Hall–Kier alpha value is -0.770. The molecule has 0 aromatic heterocycles. The van der Waals surface area contributed by atoms with E-state index in [0.29, 0.717) is 6.04 Å². The highest BCUT2D eigenvalue weighted by Gasteiger charge is 2.16. The van der Waals surface area contributed by atoms with Crippen LogP contribution in [0.5, 0.6) is 0 Å². The lowest BCUT2D eigenvalue weighted by Crippen LogP contribution is -2.42. The van der Waals surface area contributed by atoms with Crippen molar-refractivity contribution < 1.29 is 0 Å². The van der Waals surface area contributed by atoms with Crippen LogP contribution < -0.4 is 10.6 Å². The van der Waals surface area contributed by atoms with Crippen LogP contribution in [0.25, 0.3) is 0 Å². The summed E-state index contributed by atoms with van der Waals surface area (Å²) >= 11 is 0. The summed E-state index contributed by atoms with van der Waals surface area (Å²) in [4.78, 5) is 7.36. The monoisotopic (exact) mass is 294 g/mol. The van der Waals surface area contributed by atoms with Crippen LogP contribution in [-0.2, 0) is 0 Å². The van der Waals surface area contributed by atoms with Gasteiger partial charge in [-0.05, 0) is 58.0 Å². The molecule has 4 nitrogen and oxygen atoms in total. The summed E-state index contributed by atoms with van der Waals surface area (Å²) in [6, 6.07) is 0.644. The van der Waals surface area contributed by atoms with Crippen molar-refractivity contribution in [2.24, 2.45) is 10.9 Å². The molecule has 122 valence electrons. The second-order valence-corrected chi connectivity index (χ2v) is 6.79. The van der Waals surface area contributed by atoms with Crippen molar-refractivity contribution in [3.05, 3.63) is 0 Å². The molecule has 0 aromatic rings. The zero-order chi connectivity index (χ0) is 14.9. The molecule has 0 amide bonds. The molecule has 2 fully saturated rings. The normalized spacial score (nSPS) is 25.2. The second kappa shape index (κ2) is 9.29. The van der Waals surface area contributed by atoms with Crippen LogP contribution in [-0.4, -0.2) is 49.6 Å². The fraction of sp³-hybridized carbons (Fsp3) is 0.941. The number of nitrogens with one attached hydrogen (secondary N) is 2. The van der Waals surface area contributed by atoms with E-state index in [9.17, 15) is 0 Å². The van der Waals surface area contributed by atoms with Crippen molar-refractivity contribution >= 4 is 5.96 Å². The minimum absolute atomic E-state index is 0.644. The van der Waals surface area contributed by atoms with Gasteiger partial charge >= 0.3 is 0 Å². The SMILES string of the molecule is CCNC(=NCCCN1CCCC(C)C1)NC1CCCC1. The van der Waals surface area contributed by atoms with E-state index in [2.05, 4.69) is 29.4 Å². The number of piperidine rings is 1. The van der Waals surface area contributed by atoms with E-state index in [4.69, 9.17) is 4.99 Å². The van der Waals surface area contributed by atoms with Crippen LogP contribution in [0.3, 0.4) is 0 Å². The quantitative estimate of drug-likeness (QED) is 0.449. The third-order valence-corrected chi connectivity index (χ3v) is 4.68. The van der Waals surface area contributed by atoms with Gasteiger partial charge in [0.25, 0.3) is 0 Å². The minimum atomic E-state index is 0.644. The molecule has 2 aliphatic rings. The number of rotatable bonds is 6. The Morgan fingerprint density at radius 2 is 2.00 bits per heavy atom. The molecule has 1 unspecified atom stereocenters. The van der Waals surface area contributed by atoms with Gasteiger partial charge in [-0.3, -0.25) is 4.99 Å². The topological polar surface area (TPSA) is 39.7 Å². The van der Waals surface area contributed by atoms with Gasteiger partial charge in [0, 0.05) is 25.7 Å². The van der Waals surface area contributed by atoms with Crippen LogP contribution in [0, 0.1) is 5.92 Å². The summed E-state index contributed by atoms with van der Waals surface area (Å²) in [5, 5.41) is 6.97. The van der Waals surface area contributed by atoms with Crippen LogP contribution in [0.2, 0.25) is 0 Å². The molecule has 1 saturated heterocycles. The molecule has 4 heteroatoms. The average molecular weight is 294 g/mol. The van der Waals surface area contributed by atoms with Crippen molar-refractivity contribution in [2.45, 2.75) is 64.8 Å². The number of likely N-dealkylation sites (tertiary alicyclic amines) is 1. The van der Waals surface area contributed by atoms with E-state index in [-0.39, 0.29) is 0 Å². The molecule has 0 spiro atoms. The summed E-state index contributed by atoms with van der Waals surface area (Å²) in [7, 11) is 0. The average Bonchev–Trinajstić information content (AvgIpc) is 2.97. The zero-order valence-corrected chi connectivity index (χ0v) is 14.0. The lowest BCUT2D eigenvalue weighted by Gasteiger charge is -2.30. The molecule has 1 aliphatic heterocycles. The summed E-state index contributed by atoms with van der Waals surface area (Å²) in [5.74, 6) is 1.90. The van der Waals surface area contributed by atoms with Crippen molar-refractivity contribution in [3.8, 4) is 0 Å². The second-order valence-electron chi connectivity index (χ2n) is 6.79. The number of hydrogen-bond acceptors (Lipinski definition) is 2. The first-order valence-corrected chi connectivity index (χ1v) is 9.05. The van der Waals surface area contributed by atoms with Gasteiger partial charge < -0.3 is 15.5 Å². The third kappa shape index (κ3) is 6.25. The molecule has 0 bridgehead atoms. The van der Waals surface area contributed by atoms with Crippen LogP contribution in [0.15, 0.2) is 4.99 Å². The van der Waals surface area contributed by atoms with E-state index in [1.54, 1.807) is 0 Å². The molecular weight excluding hydrogens is 260 g/mol. The highest BCUT2D eigenvalue weighted by molar-refractivity contribution is 5.80. The predicted molar refractivity (Wildman–Crippen MR) is 90.8 cm³/mol. The molecule has 2 N–H and O–H groups in total. The van der Waals surface area contributed by atoms with Crippen LogP contribution in [0.4, 0.5) is 0 Å². The van der Waals surface area contributed by atoms with Gasteiger partial charge in [0.15, 0.2) is 5.96 Å². The van der Waals surface area contributed by atoms with Gasteiger partial charge in [-0.15, -0.1) is 0 Å². The first-order chi connectivity index (χ1) is 10.3. The van der Waals surface area contributed by atoms with Crippen molar-refractivity contribution in [1.82, 2.24) is 15.5 Å². The summed E-state index contributed by atoms with van der Waals surface area (Å²) in [6.45, 7) is 10.2. The maximum absolute atomic E-state index is 4.75. The smallest absolute Gasteiger partial charge is 0.191 e. The maximum atomic E-state index is 4.75. The number of guanidine groups is 1. The van der Waals surface area contributed by atoms with Crippen LogP contribution in [0.1, 0.15) is 58.8 Å². The Labute approximate surface area is 130 Å². The molecule has 0 radical (unpaired) electrons. The number of hydrogen-bond donors (Lipinski definition) is 2. The molecule has 21 heavy (non-hydrogen) atoms. The van der Waals surface area contributed by atoms with Crippen molar-refractivity contribution in [1.29, 1.82) is 0 Å². The minimum Gasteiger partial charge on any atom is -0.357 e. The van der Waals surface area contributed by atoms with Gasteiger partial charge in [0.05, 0.1) is 0 Å². The molecule has 1 aliphatic carbocycles. The fourth-order valence-electron chi connectivity index (χ4n) is 3.56. The van der Waals surface area contributed by atoms with Gasteiger partial charge in [-0.25, -0.2) is 0 Å². The standard InChI is InChI=1S/C17H34N4/c1-3-18-17(20-16-9-4-5-10-16)19-11-7-13-21-12-6-8-15(2)14-21/h15-16H,3-14H2,1-2H3,(H2,18,19,20). The highest BCUT2D eigenvalue weighted by Crippen LogP contribution is 2.17. The first-order valence-electron chi connectivity index (χ1n) is 9.05. The zero-order valence-electron chi connectivity index (χ0n) is 14.0. The van der Waals surface area contributed by atoms with Gasteiger partial charge in [0.1, 0.15) is 0 Å². The van der Waals surface area contributed by atoms with E-state index in [1.165, 1.54) is 64.6 Å². The lowest BCUT2D eigenvalue weighted by atomic mass is 10.0. The molecule has 2 rings (SSSR count). The largest absolute Gasteiger partial charge is 0.357 e. The maximum Gasteiger partial charge on any atom is 0.191 e. The number of nitrogens with zero attached hydrogens (tertiary/aromatic N) is 2. The van der Waals surface area contributed by atoms with Crippen molar-refractivity contribution in [2.75, 3.05) is 32.7 Å². The third-order valence-electron chi connectivity index (χ3n) is 4.68. The lowest BCUT2D eigenvalue weighted by molar-refractivity contribution is 0.183. The molecule has 1 heterocycles. The summed E-state index contributed by atoms with van der Waals surface area (Å²) in [6.07, 6.45) is 9.29. The molecular formula is C17H34N4. The van der Waals surface area contributed by atoms with E-state index in [1.807, 2.05) is 0 Å².